The lowest BCUT2D eigenvalue weighted by Gasteiger charge is -2.03. The number of halogens is 3. The molecule has 1 heterocycles. The summed E-state index contributed by atoms with van der Waals surface area (Å²) in [6, 6.07) is 5.33. The molecule has 1 aromatic heterocycles. The molecule has 0 atom stereocenters. The van der Waals surface area contributed by atoms with Gasteiger partial charge < -0.3 is 9.84 Å². The molecule has 1 aromatic carbocycles. The fourth-order valence-electron chi connectivity index (χ4n) is 1.82. The van der Waals surface area contributed by atoms with E-state index in [1.54, 1.807) is 0 Å². The van der Waals surface area contributed by atoms with Gasteiger partial charge in [-0.25, -0.2) is 0 Å². The summed E-state index contributed by atoms with van der Waals surface area (Å²) in [5, 5.41) is 5.74. The fraction of sp³-hybridized carbons (Fsp3) is 0.333. The molecular formula is C15H14F3N3O3. The van der Waals surface area contributed by atoms with Gasteiger partial charge in [0.05, 0.1) is 0 Å². The Morgan fingerprint density at radius 1 is 1.21 bits per heavy atom. The number of benzene rings is 1. The van der Waals surface area contributed by atoms with Crippen molar-refractivity contribution < 1.29 is 27.3 Å². The van der Waals surface area contributed by atoms with Gasteiger partial charge in [0.15, 0.2) is 0 Å². The highest BCUT2D eigenvalue weighted by Gasteiger charge is 2.38. The van der Waals surface area contributed by atoms with Gasteiger partial charge >= 0.3 is 12.1 Å². The summed E-state index contributed by atoms with van der Waals surface area (Å²) in [4.78, 5) is 26.8. The Balaban J connectivity index is 2.09. The van der Waals surface area contributed by atoms with E-state index in [1.807, 2.05) is 6.92 Å². The quantitative estimate of drug-likeness (QED) is 0.496. The first-order valence-electron chi connectivity index (χ1n) is 7.16. The monoisotopic (exact) mass is 341 g/mol. The van der Waals surface area contributed by atoms with Gasteiger partial charge in [-0.15, -0.1) is 0 Å². The Labute approximate surface area is 135 Å². The third kappa shape index (κ3) is 4.18. The van der Waals surface area contributed by atoms with E-state index in [2.05, 4.69) is 20.0 Å². The number of aromatic nitrogens is 2. The number of carbonyl (C=O) groups excluding carboxylic acids is 2. The molecule has 1 amide bonds. The molecule has 24 heavy (non-hydrogen) atoms. The van der Waals surface area contributed by atoms with Crippen molar-refractivity contribution in [2.75, 3.05) is 6.54 Å². The van der Waals surface area contributed by atoms with E-state index in [0.717, 1.165) is 12.8 Å². The van der Waals surface area contributed by atoms with Gasteiger partial charge in [0.2, 0.25) is 11.6 Å². The molecule has 2 aromatic rings. The minimum atomic E-state index is -4.72. The number of unbranched alkanes of at least 4 members (excludes halogenated alkanes) is 1. The number of nitrogens with one attached hydrogen (secondary N) is 1. The molecule has 6 nitrogen and oxygen atoms in total. The molecule has 9 heteroatoms. The standard InChI is InChI=1S/C15H14F3N3O3/c1-2-3-8-19-13(23)11(22)9-4-6-10(7-5-9)12-20-14(24-21-12)15(16,17)18/h4-7H,2-3,8H2,1H3,(H,19,23). The van der Waals surface area contributed by atoms with Crippen molar-refractivity contribution in [2.24, 2.45) is 0 Å². The summed E-state index contributed by atoms with van der Waals surface area (Å²) >= 11 is 0. The van der Waals surface area contributed by atoms with Crippen molar-refractivity contribution in [2.45, 2.75) is 25.9 Å². The maximum Gasteiger partial charge on any atom is 0.471 e. The van der Waals surface area contributed by atoms with Gasteiger partial charge in [-0.1, -0.05) is 42.8 Å². The van der Waals surface area contributed by atoms with Crippen LogP contribution in [0.1, 0.15) is 36.0 Å². The van der Waals surface area contributed by atoms with E-state index >= 15 is 0 Å². The van der Waals surface area contributed by atoms with E-state index < -0.39 is 23.8 Å². The minimum absolute atomic E-state index is 0.118. The van der Waals surface area contributed by atoms with Crippen LogP contribution >= 0.6 is 0 Å². The van der Waals surface area contributed by atoms with Crippen molar-refractivity contribution in [1.29, 1.82) is 0 Å². The second-order valence-electron chi connectivity index (χ2n) is 4.94. The Morgan fingerprint density at radius 2 is 1.88 bits per heavy atom. The molecular weight excluding hydrogens is 327 g/mol. The minimum Gasteiger partial charge on any atom is -0.349 e. The molecule has 2 rings (SSSR count). The summed E-state index contributed by atoms with van der Waals surface area (Å²) in [7, 11) is 0. The molecule has 0 bridgehead atoms. The topological polar surface area (TPSA) is 85.1 Å². The fourth-order valence-corrected chi connectivity index (χ4v) is 1.82. The number of nitrogens with zero attached hydrogens (tertiary/aromatic N) is 2. The molecule has 128 valence electrons. The predicted molar refractivity (Wildman–Crippen MR) is 77.0 cm³/mol. The third-order valence-corrected chi connectivity index (χ3v) is 3.10. The smallest absolute Gasteiger partial charge is 0.349 e. The van der Waals surface area contributed by atoms with Crippen LogP contribution in [0.3, 0.4) is 0 Å². The maximum absolute atomic E-state index is 12.4. The summed E-state index contributed by atoms with van der Waals surface area (Å²) in [6.45, 7) is 2.36. The first kappa shape index (κ1) is 17.6. The maximum atomic E-state index is 12.4. The van der Waals surface area contributed by atoms with Crippen molar-refractivity contribution in [3.05, 3.63) is 35.7 Å². The van der Waals surface area contributed by atoms with E-state index in [4.69, 9.17) is 0 Å². The largest absolute Gasteiger partial charge is 0.471 e. The van der Waals surface area contributed by atoms with Gasteiger partial charge in [-0.05, 0) is 6.42 Å². The molecule has 1 N–H and O–H groups in total. The van der Waals surface area contributed by atoms with E-state index in [0.29, 0.717) is 6.54 Å². The summed E-state index contributed by atoms with van der Waals surface area (Å²) in [5.41, 5.74) is 0.351. The lowest BCUT2D eigenvalue weighted by molar-refractivity contribution is -0.159. The average molecular weight is 341 g/mol. The molecule has 0 saturated heterocycles. The van der Waals surface area contributed by atoms with Gasteiger partial charge in [-0.3, -0.25) is 9.59 Å². The zero-order valence-electron chi connectivity index (χ0n) is 12.7. The van der Waals surface area contributed by atoms with Crippen LogP contribution in [-0.2, 0) is 11.0 Å². The molecule has 0 aliphatic heterocycles. The van der Waals surface area contributed by atoms with Gasteiger partial charge in [0, 0.05) is 17.7 Å². The van der Waals surface area contributed by atoms with Crippen LogP contribution in [0.4, 0.5) is 13.2 Å². The van der Waals surface area contributed by atoms with E-state index in [-0.39, 0.29) is 17.0 Å². The third-order valence-electron chi connectivity index (χ3n) is 3.10. The van der Waals surface area contributed by atoms with Crippen molar-refractivity contribution in [3.63, 3.8) is 0 Å². The van der Waals surface area contributed by atoms with Crippen LogP contribution in [0.15, 0.2) is 28.8 Å². The highest BCUT2D eigenvalue weighted by atomic mass is 19.4. The van der Waals surface area contributed by atoms with Crippen molar-refractivity contribution in [3.8, 4) is 11.4 Å². The molecule has 0 aliphatic carbocycles. The lowest BCUT2D eigenvalue weighted by Crippen LogP contribution is -2.31. The number of amides is 1. The summed E-state index contributed by atoms with van der Waals surface area (Å²) in [5.74, 6) is -3.15. The lowest BCUT2D eigenvalue weighted by atomic mass is 10.1. The first-order chi connectivity index (χ1) is 11.3. The highest BCUT2D eigenvalue weighted by Crippen LogP contribution is 2.29. The number of hydrogen-bond acceptors (Lipinski definition) is 5. The molecule has 0 spiro atoms. The summed E-state index contributed by atoms with van der Waals surface area (Å²) < 4.78 is 41.4. The second-order valence-corrected chi connectivity index (χ2v) is 4.94. The zero-order chi connectivity index (χ0) is 17.7. The van der Waals surface area contributed by atoms with Crippen molar-refractivity contribution >= 4 is 11.7 Å². The number of alkyl halides is 3. The second kappa shape index (κ2) is 7.24. The Bertz CT molecular complexity index is 724. The average Bonchev–Trinajstić information content (AvgIpc) is 3.05. The number of rotatable bonds is 6. The van der Waals surface area contributed by atoms with Gasteiger partial charge in [0.1, 0.15) is 0 Å². The molecule has 0 saturated carbocycles. The Hall–Kier alpha value is -2.71. The van der Waals surface area contributed by atoms with Crippen LogP contribution in [0.2, 0.25) is 0 Å². The normalized spacial score (nSPS) is 11.3. The van der Waals surface area contributed by atoms with Crippen LogP contribution < -0.4 is 5.32 Å². The summed E-state index contributed by atoms with van der Waals surface area (Å²) in [6.07, 6.45) is -3.08. The van der Waals surface area contributed by atoms with E-state index in [1.165, 1.54) is 24.3 Å². The molecule has 0 unspecified atom stereocenters. The molecule has 0 fully saturated rings. The number of carbonyl (C=O) groups is 2. The van der Waals surface area contributed by atoms with Crippen LogP contribution in [-0.4, -0.2) is 28.4 Å². The van der Waals surface area contributed by atoms with Crippen LogP contribution in [0, 0.1) is 0 Å². The Morgan fingerprint density at radius 3 is 2.42 bits per heavy atom. The van der Waals surface area contributed by atoms with Crippen LogP contribution in [0.25, 0.3) is 11.4 Å². The SMILES string of the molecule is CCCCNC(=O)C(=O)c1ccc(-c2noc(C(F)(F)F)n2)cc1. The number of ketones is 1. The number of hydrogen-bond donors (Lipinski definition) is 1. The predicted octanol–water partition coefficient (Wildman–Crippen LogP) is 2.85. The highest BCUT2D eigenvalue weighted by molar-refractivity contribution is 6.42. The first-order valence-corrected chi connectivity index (χ1v) is 7.16. The zero-order valence-corrected chi connectivity index (χ0v) is 12.7. The molecule has 0 aliphatic rings. The number of Topliss-reactive ketones (excluding diaryl/α,β-unsaturated/α-hetero) is 1. The molecule has 0 radical (unpaired) electrons. The van der Waals surface area contributed by atoms with Gasteiger partial charge in [-0.2, -0.15) is 18.2 Å². The van der Waals surface area contributed by atoms with E-state index in [9.17, 15) is 22.8 Å². The van der Waals surface area contributed by atoms with Crippen LogP contribution in [0.5, 0.6) is 0 Å². The van der Waals surface area contributed by atoms with Gasteiger partial charge in [0.25, 0.3) is 5.91 Å². The Kier molecular flexibility index (Phi) is 5.32. The van der Waals surface area contributed by atoms with Crippen molar-refractivity contribution in [1.82, 2.24) is 15.5 Å².